The molecule has 2 heterocycles. The van der Waals surface area contributed by atoms with E-state index >= 15 is 0 Å². The zero-order chi connectivity index (χ0) is 21.0. The second-order valence-electron chi connectivity index (χ2n) is 8.33. The zero-order valence-corrected chi connectivity index (χ0v) is 17.5. The Morgan fingerprint density at radius 2 is 1.66 bits per heavy atom. The Balaban J connectivity index is 1.80. The molecule has 158 valence electrons. The van der Waals surface area contributed by atoms with Crippen molar-refractivity contribution in [1.82, 2.24) is 20.0 Å². The van der Waals surface area contributed by atoms with Crippen LogP contribution in [0.25, 0.3) is 0 Å². The maximum absolute atomic E-state index is 12.9. The van der Waals surface area contributed by atoms with Gasteiger partial charge in [0.05, 0.1) is 0 Å². The van der Waals surface area contributed by atoms with Crippen LogP contribution in [0.1, 0.15) is 27.2 Å². The fraction of sp³-hybridized carbons (Fsp3) is 0.571. The predicted molar refractivity (Wildman–Crippen MR) is 112 cm³/mol. The third kappa shape index (κ3) is 4.99. The summed E-state index contributed by atoms with van der Waals surface area (Å²) in [5.41, 5.74) is 0.272. The largest absolute Gasteiger partial charge is 0.342 e. The fourth-order valence-corrected chi connectivity index (χ4v) is 4.15. The van der Waals surface area contributed by atoms with Gasteiger partial charge in [0.1, 0.15) is 0 Å². The maximum atomic E-state index is 12.9. The maximum Gasteiger partial charge on any atom is 0.321 e. The van der Waals surface area contributed by atoms with Gasteiger partial charge >= 0.3 is 12.1 Å². The highest BCUT2D eigenvalue weighted by Crippen LogP contribution is 2.35. The van der Waals surface area contributed by atoms with E-state index < -0.39 is 5.41 Å². The number of hydrogen-bond donors (Lipinski definition) is 2. The molecular weight excluding hydrogens is 370 g/mol. The molecule has 1 aromatic rings. The number of para-hydroxylation sites is 1. The number of nitrogens with one attached hydrogen (secondary N) is 2. The molecule has 2 N–H and O–H groups in total. The van der Waals surface area contributed by atoms with Crippen LogP contribution in [0.4, 0.5) is 15.3 Å². The summed E-state index contributed by atoms with van der Waals surface area (Å²) in [4.78, 5) is 43.5. The van der Waals surface area contributed by atoms with Crippen molar-refractivity contribution in [3.8, 4) is 0 Å². The molecule has 3 rings (SSSR count). The van der Waals surface area contributed by atoms with Crippen LogP contribution >= 0.6 is 0 Å². The van der Waals surface area contributed by atoms with Gasteiger partial charge in [-0.1, -0.05) is 18.2 Å². The highest BCUT2D eigenvalue weighted by Gasteiger charge is 2.47. The number of hydrogen-bond acceptors (Lipinski definition) is 3. The molecule has 0 unspecified atom stereocenters. The van der Waals surface area contributed by atoms with E-state index in [-0.39, 0.29) is 24.0 Å². The van der Waals surface area contributed by atoms with E-state index in [4.69, 9.17) is 0 Å². The summed E-state index contributed by atoms with van der Waals surface area (Å²) in [5, 5.41) is 5.86. The van der Waals surface area contributed by atoms with E-state index in [0.29, 0.717) is 45.7 Å². The van der Waals surface area contributed by atoms with Gasteiger partial charge in [-0.2, -0.15) is 0 Å². The fourth-order valence-electron chi connectivity index (χ4n) is 4.15. The average molecular weight is 402 g/mol. The van der Waals surface area contributed by atoms with Crippen molar-refractivity contribution in [3.05, 3.63) is 30.3 Å². The number of anilines is 1. The van der Waals surface area contributed by atoms with Gasteiger partial charge in [-0.3, -0.25) is 4.79 Å². The lowest BCUT2D eigenvalue weighted by atomic mass is 9.86. The van der Waals surface area contributed by atoms with Crippen molar-refractivity contribution in [2.45, 2.75) is 33.2 Å². The molecule has 2 aliphatic rings. The molecule has 0 bridgehead atoms. The minimum absolute atomic E-state index is 0.0246. The second kappa shape index (κ2) is 8.71. The molecule has 2 saturated heterocycles. The van der Waals surface area contributed by atoms with Crippen LogP contribution < -0.4 is 10.6 Å². The zero-order valence-electron chi connectivity index (χ0n) is 17.5. The first kappa shape index (κ1) is 21.0. The molecule has 2 fully saturated rings. The summed E-state index contributed by atoms with van der Waals surface area (Å²) >= 11 is 0. The van der Waals surface area contributed by atoms with Crippen molar-refractivity contribution < 1.29 is 14.4 Å². The summed E-state index contributed by atoms with van der Waals surface area (Å²) in [6, 6.07) is 8.98. The van der Waals surface area contributed by atoms with E-state index in [1.54, 1.807) is 9.80 Å². The van der Waals surface area contributed by atoms with E-state index in [1.165, 1.54) is 0 Å². The van der Waals surface area contributed by atoms with Crippen molar-refractivity contribution in [2.75, 3.05) is 44.6 Å². The summed E-state index contributed by atoms with van der Waals surface area (Å²) in [6.45, 7) is 8.75. The van der Waals surface area contributed by atoms with Crippen molar-refractivity contribution >= 4 is 23.7 Å². The third-order valence-electron chi connectivity index (χ3n) is 5.49. The number of carbonyl (C=O) groups is 3. The molecule has 2 aliphatic heterocycles. The molecule has 29 heavy (non-hydrogen) atoms. The van der Waals surface area contributed by atoms with Crippen molar-refractivity contribution in [1.29, 1.82) is 0 Å². The molecule has 0 aliphatic carbocycles. The number of rotatable bonds is 3. The number of likely N-dealkylation sites (tertiary alicyclic amines) is 1. The number of nitrogens with zero attached hydrogens (tertiary/aromatic N) is 3. The summed E-state index contributed by atoms with van der Waals surface area (Å²) in [5.74, 6) is 0.0852. The Labute approximate surface area is 172 Å². The Hall–Kier alpha value is -2.77. The smallest absolute Gasteiger partial charge is 0.321 e. The summed E-state index contributed by atoms with van der Waals surface area (Å²) in [6.07, 6.45) is 0.349. The van der Waals surface area contributed by atoms with Gasteiger partial charge < -0.3 is 25.3 Å². The normalized spacial score (nSPS) is 22.2. The summed E-state index contributed by atoms with van der Waals surface area (Å²) in [7, 11) is 0. The highest BCUT2D eigenvalue weighted by atomic mass is 16.2. The SMILES string of the molecule is CCN1C[C@]2(CC1=O)CN(C(=O)Nc1ccccc1)CCN(C(=O)NC(C)C)C2. The van der Waals surface area contributed by atoms with Crippen molar-refractivity contribution in [2.24, 2.45) is 5.41 Å². The third-order valence-corrected chi connectivity index (χ3v) is 5.49. The van der Waals surface area contributed by atoms with E-state index in [1.807, 2.05) is 56.0 Å². The Morgan fingerprint density at radius 3 is 2.21 bits per heavy atom. The molecule has 0 radical (unpaired) electrons. The molecule has 5 amide bonds. The molecule has 0 aromatic heterocycles. The van der Waals surface area contributed by atoms with Crippen LogP contribution in [0.3, 0.4) is 0 Å². The second-order valence-corrected chi connectivity index (χ2v) is 8.33. The highest BCUT2D eigenvalue weighted by molar-refractivity contribution is 5.89. The Bertz CT molecular complexity index is 754. The van der Waals surface area contributed by atoms with Crippen LogP contribution in [0, 0.1) is 5.41 Å². The number of amides is 5. The van der Waals surface area contributed by atoms with Crippen LogP contribution in [0.2, 0.25) is 0 Å². The predicted octanol–water partition coefficient (Wildman–Crippen LogP) is 2.19. The van der Waals surface area contributed by atoms with E-state index in [9.17, 15) is 14.4 Å². The summed E-state index contributed by atoms with van der Waals surface area (Å²) < 4.78 is 0. The molecule has 0 saturated carbocycles. The van der Waals surface area contributed by atoms with Crippen molar-refractivity contribution in [3.63, 3.8) is 0 Å². The Morgan fingerprint density at radius 1 is 1.03 bits per heavy atom. The average Bonchev–Trinajstić information content (AvgIpc) is 2.86. The van der Waals surface area contributed by atoms with Gasteiger partial charge in [0.25, 0.3) is 0 Å². The minimum Gasteiger partial charge on any atom is -0.342 e. The van der Waals surface area contributed by atoms with Gasteiger partial charge in [-0.15, -0.1) is 0 Å². The molecule has 1 atom stereocenters. The first-order valence-electron chi connectivity index (χ1n) is 10.3. The first-order valence-corrected chi connectivity index (χ1v) is 10.3. The minimum atomic E-state index is -0.452. The molecule has 8 nitrogen and oxygen atoms in total. The molecule has 8 heteroatoms. The quantitative estimate of drug-likeness (QED) is 0.814. The number of benzene rings is 1. The van der Waals surface area contributed by atoms with Gasteiger partial charge in [-0.25, -0.2) is 9.59 Å². The standard InChI is InChI=1S/C21H31N5O3/c1-4-24-13-21(12-18(24)27)14-25(19(28)22-16(2)3)10-11-26(15-21)20(29)23-17-8-6-5-7-9-17/h5-9,16H,4,10-15H2,1-3H3,(H,22,28)(H,23,29)/t21-/m0/s1. The first-order chi connectivity index (χ1) is 13.8. The number of urea groups is 2. The lowest BCUT2D eigenvalue weighted by Gasteiger charge is -2.33. The molecule has 1 spiro atoms. The Kier molecular flexibility index (Phi) is 6.30. The number of carbonyl (C=O) groups excluding carboxylic acids is 3. The van der Waals surface area contributed by atoms with E-state index in [0.717, 1.165) is 5.69 Å². The topological polar surface area (TPSA) is 85.0 Å². The van der Waals surface area contributed by atoms with Gasteiger partial charge in [0.2, 0.25) is 5.91 Å². The van der Waals surface area contributed by atoms with Crippen LogP contribution in [-0.4, -0.2) is 78.0 Å². The van der Waals surface area contributed by atoms with E-state index in [2.05, 4.69) is 10.6 Å². The lowest BCUT2D eigenvalue weighted by molar-refractivity contribution is -0.127. The van der Waals surface area contributed by atoms with Crippen LogP contribution in [0.5, 0.6) is 0 Å². The molecular formula is C21H31N5O3. The van der Waals surface area contributed by atoms with Gasteiger partial charge in [-0.05, 0) is 32.9 Å². The van der Waals surface area contributed by atoms with Gasteiger partial charge in [0.15, 0.2) is 0 Å². The van der Waals surface area contributed by atoms with Crippen LogP contribution in [0.15, 0.2) is 30.3 Å². The lowest BCUT2D eigenvalue weighted by Crippen LogP contribution is -2.49. The molecule has 1 aromatic carbocycles. The van der Waals surface area contributed by atoms with Gasteiger partial charge in [0, 0.05) is 62.8 Å². The van der Waals surface area contributed by atoms with Crippen LogP contribution in [-0.2, 0) is 4.79 Å². The monoisotopic (exact) mass is 401 g/mol.